The Kier molecular flexibility index (Phi) is 8.34. The molecule has 1 heterocycles. The average Bonchev–Trinajstić information content (AvgIpc) is 2.99. The van der Waals surface area contributed by atoms with Crippen molar-refractivity contribution in [1.82, 2.24) is 9.80 Å². The molecule has 0 saturated carbocycles. The SMILES string of the molecule is Cc1ccc(NC(=O)CSC(C)C(=O)N2CCCN(Cc3ccccc3)CC2)cc1. The number of anilines is 1. The molecule has 1 aliphatic heterocycles. The second-order valence-electron chi connectivity index (χ2n) is 7.81. The molecule has 1 N–H and O–H groups in total. The minimum Gasteiger partial charge on any atom is -0.340 e. The third-order valence-corrected chi connectivity index (χ3v) is 6.43. The van der Waals surface area contributed by atoms with E-state index in [0.717, 1.165) is 50.4 Å². The number of nitrogens with one attached hydrogen (secondary N) is 1. The van der Waals surface area contributed by atoms with Crippen molar-refractivity contribution < 1.29 is 9.59 Å². The molecule has 0 spiro atoms. The number of carbonyl (C=O) groups is 2. The van der Waals surface area contributed by atoms with Crippen LogP contribution in [0.15, 0.2) is 54.6 Å². The fourth-order valence-electron chi connectivity index (χ4n) is 3.55. The molecule has 2 amide bonds. The topological polar surface area (TPSA) is 52.7 Å². The van der Waals surface area contributed by atoms with Crippen LogP contribution in [-0.2, 0) is 16.1 Å². The molecule has 160 valence electrons. The Balaban J connectivity index is 1.42. The summed E-state index contributed by atoms with van der Waals surface area (Å²) in [6.07, 6.45) is 0.976. The Labute approximate surface area is 183 Å². The highest BCUT2D eigenvalue weighted by molar-refractivity contribution is 8.01. The van der Waals surface area contributed by atoms with Gasteiger partial charge in [-0.25, -0.2) is 0 Å². The van der Waals surface area contributed by atoms with E-state index in [0.29, 0.717) is 0 Å². The van der Waals surface area contributed by atoms with Crippen molar-refractivity contribution in [2.75, 3.05) is 37.2 Å². The van der Waals surface area contributed by atoms with Crippen LogP contribution in [0.1, 0.15) is 24.5 Å². The van der Waals surface area contributed by atoms with E-state index in [2.05, 4.69) is 34.5 Å². The number of benzene rings is 2. The van der Waals surface area contributed by atoms with Crippen LogP contribution in [-0.4, -0.2) is 58.8 Å². The van der Waals surface area contributed by atoms with Gasteiger partial charge in [0.2, 0.25) is 11.8 Å². The molecule has 0 radical (unpaired) electrons. The van der Waals surface area contributed by atoms with Gasteiger partial charge in [0, 0.05) is 38.4 Å². The van der Waals surface area contributed by atoms with E-state index >= 15 is 0 Å². The molecule has 2 aromatic carbocycles. The number of carbonyl (C=O) groups excluding carboxylic acids is 2. The van der Waals surface area contributed by atoms with Crippen LogP contribution >= 0.6 is 11.8 Å². The fourth-order valence-corrected chi connectivity index (χ4v) is 4.32. The summed E-state index contributed by atoms with van der Waals surface area (Å²) in [5.41, 5.74) is 3.25. The third kappa shape index (κ3) is 6.89. The Morgan fingerprint density at radius 1 is 1.00 bits per heavy atom. The molecule has 1 aliphatic rings. The van der Waals surface area contributed by atoms with Gasteiger partial charge in [-0.05, 0) is 38.0 Å². The highest BCUT2D eigenvalue weighted by atomic mass is 32.2. The highest BCUT2D eigenvalue weighted by Gasteiger charge is 2.24. The van der Waals surface area contributed by atoms with Crippen molar-refractivity contribution in [3.8, 4) is 0 Å². The Bertz CT molecular complexity index is 826. The smallest absolute Gasteiger partial charge is 0.235 e. The number of hydrogen-bond donors (Lipinski definition) is 1. The average molecular weight is 426 g/mol. The van der Waals surface area contributed by atoms with Crippen molar-refractivity contribution in [2.24, 2.45) is 0 Å². The number of nitrogens with zero attached hydrogens (tertiary/aromatic N) is 2. The van der Waals surface area contributed by atoms with E-state index < -0.39 is 0 Å². The van der Waals surface area contributed by atoms with Crippen LogP contribution in [0.5, 0.6) is 0 Å². The second-order valence-corrected chi connectivity index (χ2v) is 9.14. The standard InChI is InChI=1S/C24H31N3O2S/c1-19-9-11-22(12-10-19)25-23(28)18-30-20(2)24(29)27-14-6-13-26(15-16-27)17-21-7-4-3-5-8-21/h3-5,7-12,20H,6,13-18H2,1-2H3,(H,25,28). The first-order valence-corrected chi connectivity index (χ1v) is 11.6. The van der Waals surface area contributed by atoms with Gasteiger partial charge in [0.15, 0.2) is 0 Å². The summed E-state index contributed by atoms with van der Waals surface area (Å²) >= 11 is 1.40. The lowest BCUT2D eigenvalue weighted by Gasteiger charge is -2.24. The predicted molar refractivity (Wildman–Crippen MR) is 125 cm³/mol. The van der Waals surface area contributed by atoms with Crippen LogP contribution in [0.4, 0.5) is 5.69 Å². The van der Waals surface area contributed by atoms with E-state index in [1.807, 2.05) is 49.1 Å². The van der Waals surface area contributed by atoms with Gasteiger partial charge in [-0.2, -0.15) is 0 Å². The lowest BCUT2D eigenvalue weighted by Crippen LogP contribution is -2.39. The molecule has 0 aliphatic carbocycles. The second kappa shape index (κ2) is 11.2. The minimum atomic E-state index is -0.227. The van der Waals surface area contributed by atoms with Gasteiger partial charge in [-0.3, -0.25) is 14.5 Å². The Morgan fingerprint density at radius 2 is 1.73 bits per heavy atom. The van der Waals surface area contributed by atoms with Crippen LogP contribution in [0.3, 0.4) is 0 Å². The van der Waals surface area contributed by atoms with Crippen molar-refractivity contribution in [1.29, 1.82) is 0 Å². The molecule has 1 saturated heterocycles. The van der Waals surface area contributed by atoms with E-state index in [4.69, 9.17) is 0 Å². The van der Waals surface area contributed by atoms with Crippen molar-refractivity contribution in [3.05, 3.63) is 65.7 Å². The largest absolute Gasteiger partial charge is 0.340 e. The summed E-state index contributed by atoms with van der Waals surface area (Å²) in [6, 6.07) is 18.2. The molecular formula is C24H31N3O2S. The molecule has 0 bridgehead atoms. The summed E-state index contributed by atoms with van der Waals surface area (Å²) in [6.45, 7) is 8.24. The van der Waals surface area contributed by atoms with Gasteiger partial charge in [0.1, 0.15) is 0 Å². The minimum absolute atomic E-state index is 0.0756. The lowest BCUT2D eigenvalue weighted by atomic mass is 10.2. The fraction of sp³-hybridized carbons (Fsp3) is 0.417. The molecule has 1 unspecified atom stereocenters. The van der Waals surface area contributed by atoms with Gasteiger partial charge >= 0.3 is 0 Å². The molecule has 3 rings (SSSR count). The van der Waals surface area contributed by atoms with E-state index in [1.165, 1.54) is 17.3 Å². The number of amides is 2. The molecule has 0 aromatic heterocycles. The van der Waals surface area contributed by atoms with Gasteiger partial charge in [-0.1, -0.05) is 48.0 Å². The van der Waals surface area contributed by atoms with Crippen LogP contribution < -0.4 is 5.32 Å². The summed E-state index contributed by atoms with van der Waals surface area (Å²) in [5.74, 6) is 0.326. The highest BCUT2D eigenvalue weighted by Crippen LogP contribution is 2.17. The maximum Gasteiger partial charge on any atom is 0.235 e. The normalized spacial score (nSPS) is 16.0. The summed E-state index contributed by atoms with van der Waals surface area (Å²) < 4.78 is 0. The van der Waals surface area contributed by atoms with Crippen molar-refractivity contribution >= 4 is 29.3 Å². The van der Waals surface area contributed by atoms with Crippen LogP contribution in [0.25, 0.3) is 0 Å². The summed E-state index contributed by atoms with van der Waals surface area (Å²) in [4.78, 5) is 29.5. The van der Waals surface area contributed by atoms with Gasteiger partial charge in [0.25, 0.3) is 0 Å². The monoisotopic (exact) mass is 425 g/mol. The van der Waals surface area contributed by atoms with Gasteiger partial charge in [-0.15, -0.1) is 11.8 Å². The predicted octanol–water partition coefficient (Wildman–Crippen LogP) is 3.79. The zero-order valence-electron chi connectivity index (χ0n) is 17.8. The quantitative estimate of drug-likeness (QED) is 0.733. The number of rotatable bonds is 7. The number of hydrogen-bond acceptors (Lipinski definition) is 4. The van der Waals surface area contributed by atoms with Crippen LogP contribution in [0, 0.1) is 6.92 Å². The maximum absolute atomic E-state index is 12.9. The third-order valence-electron chi connectivity index (χ3n) is 5.30. The number of aryl methyl sites for hydroxylation is 1. The van der Waals surface area contributed by atoms with Gasteiger partial charge in [0.05, 0.1) is 11.0 Å². The molecule has 2 aromatic rings. The first-order valence-electron chi connectivity index (χ1n) is 10.5. The first-order chi connectivity index (χ1) is 14.5. The van der Waals surface area contributed by atoms with Gasteiger partial charge < -0.3 is 10.2 Å². The Hall–Kier alpha value is -2.31. The molecule has 1 fully saturated rings. The summed E-state index contributed by atoms with van der Waals surface area (Å²) in [7, 11) is 0. The first kappa shape index (κ1) is 22.4. The molecule has 5 nitrogen and oxygen atoms in total. The maximum atomic E-state index is 12.9. The lowest BCUT2D eigenvalue weighted by molar-refractivity contribution is -0.130. The van der Waals surface area contributed by atoms with Crippen molar-refractivity contribution in [2.45, 2.75) is 32.1 Å². The zero-order valence-corrected chi connectivity index (χ0v) is 18.7. The molecular weight excluding hydrogens is 394 g/mol. The summed E-state index contributed by atoms with van der Waals surface area (Å²) in [5, 5.41) is 2.66. The van der Waals surface area contributed by atoms with E-state index in [9.17, 15) is 9.59 Å². The van der Waals surface area contributed by atoms with Crippen molar-refractivity contribution in [3.63, 3.8) is 0 Å². The number of thioether (sulfide) groups is 1. The molecule has 6 heteroatoms. The Morgan fingerprint density at radius 3 is 2.47 bits per heavy atom. The van der Waals surface area contributed by atoms with E-state index in [-0.39, 0.29) is 22.8 Å². The zero-order chi connectivity index (χ0) is 21.3. The van der Waals surface area contributed by atoms with E-state index in [1.54, 1.807) is 0 Å². The molecule has 30 heavy (non-hydrogen) atoms. The molecule has 1 atom stereocenters. The van der Waals surface area contributed by atoms with Crippen LogP contribution in [0.2, 0.25) is 0 Å².